The summed E-state index contributed by atoms with van der Waals surface area (Å²) in [4.78, 5) is 10.6. The average Bonchev–Trinajstić information content (AvgIpc) is 2.96. The number of aromatic nitrogens is 2. The third-order valence-corrected chi connectivity index (χ3v) is 5.00. The fourth-order valence-corrected chi connectivity index (χ4v) is 3.95. The summed E-state index contributed by atoms with van der Waals surface area (Å²) in [5, 5.41) is 4.70. The Labute approximate surface area is 129 Å². The van der Waals surface area contributed by atoms with Gasteiger partial charge in [-0.3, -0.25) is 4.98 Å². The molecule has 0 aliphatic heterocycles. The lowest BCUT2D eigenvalue weighted by molar-refractivity contribution is 0.197. The SMILES string of the molecule is COCCNC(c1cccnc1)c1nc2c(s1)CCCC2. The van der Waals surface area contributed by atoms with Gasteiger partial charge < -0.3 is 10.1 Å². The van der Waals surface area contributed by atoms with Crippen molar-refractivity contribution in [3.8, 4) is 0 Å². The van der Waals surface area contributed by atoms with Gasteiger partial charge >= 0.3 is 0 Å². The molecule has 0 aromatic carbocycles. The van der Waals surface area contributed by atoms with Crippen LogP contribution in [0, 0.1) is 0 Å². The lowest BCUT2D eigenvalue weighted by Crippen LogP contribution is -2.26. The molecule has 0 fully saturated rings. The normalized spacial score (nSPS) is 15.7. The summed E-state index contributed by atoms with van der Waals surface area (Å²) in [6, 6.07) is 4.20. The molecule has 2 aromatic rings. The number of nitrogens with one attached hydrogen (secondary N) is 1. The first-order chi connectivity index (χ1) is 10.4. The van der Waals surface area contributed by atoms with Gasteiger partial charge in [-0.15, -0.1) is 11.3 Å². The van der Waals surface area contributed by atoms with Crippen molar-refractivity contribution in [3.05, 3.63) is 45.7 Å². The highest BCUT2D eigenvalue weighted by Gasteiger charge is 2.22. The molecule has 0 spiro atoms. The molecular formula is C16H21N3OS. The maximum atomic E-state index is 5.15. The number of thiazole rings is 1. The highest BCUT2D eigenvalue weighted by atomic mass is 32.1. The van der Waals surface area contributed by atoms with E-state index in [9.17, 15) is 0 Å². The summed E-state index contributed by atoms with van der Waals surface area (Å²) in [5.74, 6) is 0. The molecule has 2 aromatic heterocycles. The van der Waals surface area contributed by atoms with Gasteiger partial charge in [0.2, 0.25) is 0 Å². The first-order valence-electron chi connectivity index (χ1n) is 7.49. The number of hydrogen-bond donors (Lipinski definition) is 1. The third kappa shape index (κ3) is 3.48. The fraction of sp³-hybridized carbons (Fsp3) is 0.500. The minimum absolute atomic E-state index is 0.115. The average molecular weight is 303 g/mol. The van der Waals surface area contributed by atoms with E-state index >= 15 is 0 Å². The summed E-state index contributed by atoms with van der Waals surface area (Å²) in [5.41, 5.74) is 2.48. The predicted octanol–water partition coefficient (Wildman–Crippen LogP) is 2.74. The minimum Gasteiger partial charge on any atom is -0.383 e. The van der Waals surface area contributed by atoms with Gasteiger partial charge in [0, 0.05) is 30.9 Å². The van der Waals surface area contributed by atoms with E-state index in [0.29, 0.717) is 6.61 Å². The first kappa shape index (κ1) is 14.6. The largest absolute Gasteiger partial charge is 0.383 e. The number of ether oxygens (including phenoxy) is 1. The van der Waals surface area contributed by atoms with E-state index in [1.807, 2.05) is 29.8 Å². The standard InChI is InChI=1S/C16H21N3OS/c1-20-10-9-18-15(12-5-4-8-17-11-12)16-19-13-6-2-3-7-14(13)21-16/h4-5,8,11,15,18H,2-3,6-7,9-10H2,1H3. The van der Waals surface area contributed by atoms with Crippen molar-refractivity contribution in [3.63, 3.8) is 0 Å². The number of pyridine rings is 1. The highest BCUT2D eigenvalue weighted by Crippen LogP contribution is 2.32. The second kappa shape index (κ2) is 7.11. The Morgan fingerprint density at radius 2 is 2.29 bits per heavy atom. The smallest absolute Gasteiger partial charge is 0.115 e. The number of nitrogens with zero attached hydrogens (tertiary/aromatic N) is 2. The molecule has 1 aliphatic carbocycles. The zero-order valence-electron chi connectivity index (χ0n) is 12.3. The Bertz CT molecular complexity index is 547. The number of fused-ring (bicyclic) bond motifs is 1. The molecule has 0 bridgehead atoms. The Hall–Kier alpha value is -1.30. The molecule has 21 heavy (non-hydrogen) atoms. The molecule has 4 nitrogen and oxygen atoms in total. The van der Waals surface area contributed by atoms with Crippen LogP contribution in [0.3, 0.4) is 0 Å². The second-order valence-electron chi connectivity index (χ2n) is 5.30. The zero-order chi connectivity index (χ0) is 14.5. The van der Waals surface area contributed by atoms with Gasteiger partial charge in [-0.1, -0.05) is 6.07 Å². The fourth-order valence-electron chi connectivity index (χ4n) is 2.70. The molecule has 1 N–H and O–H groups in total. The van der Waals surface area contributed by atoms with Crippen LogP contribution in [0.1, 0.15) is 40.0 Å². The van der Waals surface area contributed by atoms with E-state index in [-0.39, 0.29) is 6.04 Å². The Morgan fingerprint density at radius 3 is 3.05 bits per heavy atom. The molecule has 1 unspecified atom stereocenters. The molecule has 0 amide bonds. The first-order valence-corrected chi connectivity index (χ1v) is 8.31. The summed E-state index contributed by atoms with van der Waals surface area (Å²) in [7, 11) is 1.73. The van der Waals surface area contributed by atoms with Crippen LogP contribution >= 0.6 is 11.3 Å². The third-order valence-electron chi connectivity index (χ3n) is 3.78. The van der Waals surface area contributed by atoms with E-state index in [2.05, 4.69) is 16.4 Å². The summed E-state index contributed by atoms with van der Waals surface area (Å²) in [6.45, 7) is 1.50. The molecule has 0 saturated heterocycles. The minimum atomic E-state index is 0.115. The molecule has 3 rings (SSSR count). The van der Waals surface area contributed by atoms with Gasteiger partial charge in [-0.2, -0.15) is 0 Å². The Morgan fingerprint density at radius 1 is 1.38 bits per heavy atom. The van der Waals surface area contributed by atoms with Crippen molar-refractivity contribution in [2.45, 2.75) is 31.7 Å². The van der Waals surface area contributed by atoms with Gasteiger partial charge in [0.15, 0.2) is 0 Å². The number of hydrogen-bond acceptors (Lipinski definition) is 5. The van der Waals surface area contributed by atoms with Crippen LogP contribution in [0.5, 0.6) is 0 Å². The number of aryl methyl sites for hydroxylation is 2. The quantitative estimate of drug-likeness (QED) is 0.834. The van der Waals surface area contributed by atoms with Gasteiger partial charge in [0.1, 0.15) is 5.01 Å². The Balaban J connectivity index is 1.85. The molecule has 5 heteroatoms. The molecular weight excluding hydrogens is 282 g/mol. The lowest BCUT2D eigenvalue weighted by atomic mass is 10.0. The summed E-state index contributed by atoms with van der Waals surface area (Å²) >= 11 is 1.85. The molecule has 0 radical (unpaired) electrons. The van der Waals surface area contributed by atoms with Gasteiger partial charge in [0.05, 0.1) is 18.3 Å². The van der Waals surface area contributed by atoms with Gasteiger partial charge in [-0.25, -0.2) is 4.98 Å². The molecule has 1 aliphatic rings. The summed E-state index contributed by atoms with van der Waals surface area (Å²) < 4.78 is 5.15. The number of rotatable bonds is 6. The number of methoxy groups -OCH3 is 1. The van der Waals surface area contributed by atoms with Crippen LogP contribution in [-0.4, -0.2) is 30.2 Å². The van der Waals surface area contributed by atoms with Crippen molar-refractivity contribution >= 4 is 11.3 Å². The van der Waals surface area contributed by atoms with Crippen LogP contribution in [0.2, 0.25) is 0 Å². The van der Waals surface area contributed by atoms with E-state index in [4.69, 9.17) is 9.72 Å². The zero-order valence-corrected chi connectivity index (χ0v) is 13.2. The van der Waals surface area contributed by atoms with Crippen LogP contribution in [0.4, 0.5) is 0 Å². The van der Waals surface area contributed by atoms with Crippen molar-refractivity contribution in [1.29, 1.82) is 0 Å². The van der Waals surface area contributed by atoms with Crippen LogP contribution in [-0.2, 0) is 17.6 Å². The van der Waals surface area contributed by atoms with Crippen molar-refractivity contribution < 1.29 is 4.74 Å². The molecule has 0 saturated carbocycles. The van der Waals surface area contributed by atoms with Gasteiger partial charge in [-0.05, 0) is 37.3 Å². The maximum Gasteiger partial charge on any atom is 0.115 e. The predicted molar refractivity (Wildman–Crippen MR) is 84.7 cm³/mol. The van der Waals surface area contributed by atoms with E-state index in [1.54, 1.807) is 7.11 Å². The van der Waals surface area contributed by atoms with Crippen molar-refractivity contribution in [1.82, 2.24) is 15.3 Å². The Kier molecular flexibility index (Phi) is 4.95. The monoisotopic (exact) mass is 303 g/mol. The molecule has 1 atom stereocenters. The van der Waals surface area contributed by atoms with Crippen LogP contribution < -0.4 is 5.32 Å². The maximum absolute atomic E-state index is 5.15. The van der Waals surface area contributed by atoms with E-state index in [0.717, 1.165) is 18.0 Å². The van der Waals surface area contributed by atoms with Crippen LogP contribution in [0.15, 0.2) is 24.5 Å². The van der Waals surface area contributed by atoms with E-state index < -0.39 is 0 Å². The second-order valence-corrected chi connectivity index (χ2v) is 6.41. The van der Waals surface area contributed by atoms with E-state index in [1.165, 1.54) is 35.4 Å². The van der Waals surface area contributed by atoms with Gasteiger partial charge in [0.25, 0.3) is 0 Å². The van der Waals surface area contributed by atoms with Crippen LogP contribution in [0.25, 0.3) is 0 Å². The topological polar surface area (TPSA) is 47.0 Å². The van der Waals surface area contributed by atoms with Crippen molar-refractivity contribution in [2.24, 2.45) is 0 Å². The summed E-state index contributed by atoms with van der Waals surface area (Å²) in [6.07, 6.45) is 8.61. The molecule has 112 valence electrons. The molecule has 2 heterocycles. The lowest BCUT2D eigenvalue weighted by Gasteiger charge is -2.16. The van der Waals surface area contributed by atoms with Crippen molar-refractivity contribution in [2.75, 3.05) is 20.3 Å². The highest BCUT2D eigenvalue weighted by molar-refractivity contribution is 7.11.